The summed E-state index contributed by atoms with van der Waals surface area (Å²) in [6.45, 7) is 1.89. The van der Waals surface area contributed by atoms with Gasteiger partial charge in [-0.1, -0.05) is 30.3 Å². The van der Waals surface area contributed by atoms with E-state index in [1.54, 1.807) is 13.0 Å². The van der Waals surface area contributed by atoms with Crippen LogP contribution in [0.3, 0.4) is 0 Å². The quantitative estimate of drug-likeness (QED) is 0.888. The number of hydrogen-bond donors (Lipinski definition) is 2. The zero-order valence-electron chi connectivity index (χ0n) is 10.5. The third-order valence-electron chi connectivity index (χ3n) is 2.56. The number of aromatic hydroxyl groups is 1. The molecule has 0 saturated heterocycles. The summed E-state index contributed by atoms with van der Waals surface area (Å²) in [6, 6.07) is 11.0. The molecular formula is C14H14N2O3. The van der Waals surface area contributed by atoms with E-state index in [-0.39, 0.29) is 18.2 Å². The molecule has 5 heteroatoms. The number of aromatic nitrogens is 1. The lowest BCUT2D eigenvalue weighted by Crippen LogP contribution is -2.14. The van der Waals surface area contributed by atoms with E-state index in [0.717, 1.165) is 5.56 Å². The summed E-state index contributed by atoms with van der Waals surface area (Å²) < 4.78 is 5.03. The van der Waals surface area contributed by atoms with Gasteiger partial charge in [0.1, 0.15) is 6.61 Å². The Hall–Kier alpha value is -2.56. The first-order valence-corrected chi connectivity index (χ1v) is 5.79. The van der Waals surface area contributed by atoms with E-state index in [4.69, 9.17) is 4.74 Å². The molecule has 0 aliphatic heterocycles. The first-order chi connectivity index (χ1) is 9.16. The molecule has 2 rings (SSSR count). The first-order valence-electron chi connectivity index (χ1n) is 5.79. The average molecular weight is 258 g/mol. The van der Waals surface area contributed by atoms with E-state index in [1.807, 2.05) is 30.3 Å². The largest absolute Gasteiger partial charge is 0.504 e. The smallest absolute Gasteiger partial charge is 0.413 e. The standard InChI is InChI=1S/C14H14N2O3/c1-10-7-8-15-13(12(10)17)16-14(18)19-9-11-5-3-2-4-6-11/h2-8,17H,9H2,1H3,(H,15,16,18). The molecule has 0 atom stereocenters. The van der Waals surface area contributed by atoms with Crippen molar-refractivity contribution in [2.45, 2.75) is 13.5 Å². The highest BCUT2D eigenvalue weighted by Gasteiger charge is 2.10. The highest BCUT2D eigenvalue weighted by Crippen LogP contribution is 2.23. The first kappa shape index (κ1) is 12.9. The lowest BCUT2D eigenvalue weighted by Gasteiger charge is -2.08. The molecule has 19 heavy (non-hydrogen) atoms. The molecule has 0 saturated carbocycles. The van der Waals surface area contributed by atoms with E-state index in [0.29, 0.717) is 5.56 Å². The Morgan fingerprint density at radius 3 is 2.79 bits per heavy atom. The topological polar surface area (TPSA) is 71.5 Å². The number of carbonyl (C=O) groups is 1. The number of aryl methyl sites for hydroxylation is 1. The van der Waals surface area contributed by atoms with Crippen molar-refractivity contribution in [3.8, 4) is 5.75 Å². The van der Waals surface area contributed by atoms with Gasteiger partial charge in [0, 0.05) is 6.20 Å². The number of hydrogen-bond acceptors (Lipinski definition) is 4. The Bertz CT molecular complexity index is 570. The second-order valence-electron chi connectivity index (χ2n) is 4.01. The summed E-state index contributed by atoms with van der Waals surface area (Å²) in [7, 11) is 0. The summed E-state index contributed by atoms with van der Waals surface area (Å²) in [6.07, 6.45) is 0.847. The van der Waals surface area contributed by atoms with Crippen LogP contribution in [0.25, 0.3) is 0 Å². The lowest BCUT2D eigenvalue weighted by molar-refractivity contribution is 0.155. The fraction of sp³-hybridized carbons (Fsp3) is 0.143. The summed E-state index contributed by atoms with van der Waals surface area (Å²) in [5.74, 6) is 0.0391. The molecule has 0 fully saturated rings. The molecule has 5 nitrogen and oxygen atoms in total. The van der Waals surface area contributed by atoms with Gasteiger partial charge in [0.05, 0.1) is 0 Å². The third-order valence-corrected chi connectivity index (χ3v) is 2.56. The van der Waals surface area contributed by atoms with Crippen LogP contribution in [-0.4, -0.2) is 16.2 Å². The van der Waals surface area contributed by atoms with Crippen molar-refractivity contribution in [1.29, 1.82) is 0 Å². The number of pyridine rings is 1. The van der Waals surface area contributed by atoms with E-state index in [1.165, 1.54) is 6.20 Å². The highest BCUT2D eigenvalue weighted by atomic mass is 16.5. The molecule has 0 aliphatic rings. The van der Waals surface area contributed by atoms with Gasteiger partial charge in [-0.3, -0.25) is 5.32 Å². The molecule has 2 N–H and O–H groups in total. The Balaban J connectivity index is 1.93. The van der Waals surface area contributed by atoms with Crippen molar-refractivity contribution < 1.29 is 14.6 Å². The van der Waals surface area contributed by atoms with E-state index in [2.05, 4.69) is 10.3 Å². The molecule has 98 valence electrons. The number of ether oxygens (including phenoxy) is 1. The lowest BCUT2D eigenvalue weighted by atomic mass is 10.2. The van der Waals surface area contributed by atoms with Gasteiger partial charge in [-0.05, 0) is 24.1 Å². The SMILES string of the molecule is Cc1ccnc(NC(=O)OCc2ccccc2)c1O. The van der Waals surface area contributed by atoms with Crippen molar-refractivity contribution in [2.75, 3.05) is 5.32 Å². The Labute approximate surface area is 110 Å². The molecule has 0 unspecified atom stereocenters. The van der Waals surface area contributed by atoms with E-state index >= 15 is 0 Å². The van der Waals surface area contributed by atoms with Gasteiger partial charge in [0.2, 0.25) is 0 Å². The number of anilines is 1. The van der Waals surface area contributed by atoms with Crippen molar-refractivity contribution in [3.05, 3.63) is 53.7 Å². The third kappa shape index (κ3) is 3.45. The summed E-state index contributed by atoms with van der Waals surface area (Å²) >= 11 is 0. The predicted octanol–water partition coefficient (Wildman–Crippen LogP) is 2.84. The summed E-state index contributed by atoms with van der Waals surface area (Å²) in [5, 5.41) is 12.1. The summed E-state index contributed by atoms with van der Waals surface area (Å²) in [5.41, 5.74) is 1.52. The monoisotopic (exact) mass is 258 g/mol. The highest BCUT2D eigenvalue weighted by molar-refractivity contribution is 5.85. The van der Waals surface area contributed by atoms with Gasteiger partial charge in [-0.15, -0.1) is 0 Å². The van der Waals surface area contributed by atoms with Crippen LogP contribution < -0.4 is 5.32 Å². The number of carbonyl (C=O) groups excluding carboxylic acids is 1. The van der Waals surface area contributed by atoms with E-state index in [9.17, 15) is 9.90 Å². The number of rotatable bonds is 3. The fourth-order valence-electron chi connectivity index (χ4n) is 1.50. The van der Waals surface area contributed by atoms with Crippen LogP contribution in [0.2, 0.25) is 0 Å². The molecule has 0 spiro atoms. The molecule has 1 heterocycles. The number of amides is 1. The molecule has 1 amide bonds. The van der Waals surface area contributed by atoms with Crippen LogP contribution in [0.5, 0.6) is 5.75 Å². The number of nitrogens with zero attached hydrogens (tertiary/aromatic N) is 1. The van der Waals surface area contributed by atoms with Crippen LogP contribution in [0.4, 0.5) is 10.6 Å². The van der Waals surface area contributed by atoms with Crippen LogP contribution >= 0.6 is 0 Å². The van der Waals surface area contributed by atoms with Crippen LogP contribution in [0.15, 0.2) is 42.6 Å². The minimum absolute atomic E-state index is 0.0563. The normalized spacial score (nSPS) is 9.95. The fourth-order valence-corrected chi connectivity index (χ4v) is 1.50. The Kier molecular flexibility index (Phi) is 3.97. The number of nitrogens with one attached hydrogen (secondary N) is 1. The van der Waals surface area contributed by atoms with Crippen molar-refractivity contribution in [1.82, 2.24) is 4.98 Å². The maximum Gasteiger partial charge on any atom is 0.413 e. The predicted molar refractivity (Wildman–Crippen MR) is 70.9 cm³/mol. The molecule has 0 bridgehead atoms. The molecule has 0 aliphatic carbocycles. The average Bonchev–Trinajstić information content (AvgIpc) is 2.43. The molecule has 1 aromatic heterocycles. The van der Waals surface area contributed by atoms with Crippen molar-refractivity contribution in [2.24, 2.45) is 0 Å². The zero-order valence-corrected chi connectivity index (χ0v) is 10.5. The van der Waals surface area contributed by atoms with Crippen LogP contribution in [0, 0.1) is 6.92 Å². The second kappa shape index (κ2) is 5.86. The molecule has 2 aromatic rings. The van der Waals surface area contributed by atoms with Crippen molar-refractivity contribution in [3.63, 3.8) is 0 Å². The minimum Gasteiger partial charge on any atom is -0.504 e. The summed E-state index contributed by atoms with van der Waals surface area (Å²) in [4.78, 5) is 15.4. The van der Waals surface area contributed by atoms with Gasteiger partial charge in [-0.2, -0.15) is 0 Å². The Morgan fingerprint density at radius 2 is 2.05 bits per heavy atom. The van der Waals surface area contributed by atoms with Crippen molar-refractivity contribution >= 4 is 11.9 Å². The zero-order chi connectivity index (χ0) is 13.7. The minimum atomic E-state index is -0.655. The maximum atomic E-state index is 11.6. The van der Waals surface area contributed by atoms with Gasteiger partial charge in [0.25, 0.3) is 0 Å². The van der Waals surface area contributed by atoms with Crippen LogP contribution in [0.1, 0.15) is 11.1 Å². The molecule has 0 radical (unpaired) electrons. The Morgan fingerprint density at radius 1 is 1.32 bits per heavy atom. The molecular weight excluding hydrogens is 244 g/mol. The van der Waals surface area contributed by atoms with Crippen LogP contribution in [-0.2, 0) is 11.3 Å². The maximum absolute atomic E-state index is 11.6. The number of benzene rings is 1. The van der Waals surface area contributed by atoms with E-state index < -0.39 is 6.09 Å². The second-order valence-corrected chi connectivity index (χ2v) is 4.01. The molecule has 1 aromatic carbocycles. The van der Waals surface area contributed by atoms with Gasteiger partial charge >= 0.3 is 6.09 Å². The van der Waals surface area contributed by atoms with Gasteiger partial charge in [0.15, 0.2) is 11.6 Å². The van der Waals surface area contributed by atoms with Gasteiger partial charge < -0.3 is 9.84 Å². The van der Waals surface area contributed by atoms with Gasteiger partial charge in [-0.25, -0.2) is 9.78 Å².